The molecule has 0 amide bonds. The zero-order valence-electron chi connectivity index (χ0n) is 18.8. The third kappa shape index (κ3) is 6.65. The van der Waals surface area contributed by atoms with Gasteiger partial charge in [-0.25, -0.2) is 9.59 Å². The van der Waals surface area contributed by atoms with Crippen molar-refractivity contribution in [3.63, 3.8) is 0 Å². The van der Waals surface area contributed by atoms with Crippen molar-refractivity contribution >= 4 is 18.0 Å². The Morgan fingerprint density at radius 2 is 1.12 bits per heavy atom. The van der Waals surface area contributed by atoms with Crippen LogP contribution in [0, 0.1) is 0 Å². The van der Waals surface area contributed by atoms with Crippen LogP contribution in [-0.2, 0) is 14.3 Å². The Hall–Kier alpha value is -4.18. The average Bonchev–Trinajstić information content (AvgIpc) is 2.82. The maximum absolute atomic E-state index is 11.6. The zero-order chi connectivity index (χ0) is 23.8. The lowest BCUT2D eigenvalue weighted by molar-refractivity contribution is -0.137. The molecule has 4 nitrogen and oxygen atoms in total. The van der Waals surface area contributed by atoms with Gasteiger partial charge in [-0.1, -0.05) is 79.9 Å². The van der Waals surface area contributed by atoms with E-state index in [1.54, 1.807) is 32.1 Å². The molecule has 3 rings (SSSR count). The standard InChI is InChI=1S/C29H26O4/c1-20(2)28(30)32-19-5-6-22-7-9-23(10-8-22)24-11-13-25(14-12-24)26-15-17-27(18-16-26)33-29(31)21(3)4/h5-18H,1,3,19H2,2,4H3/b6-5+. The smallest absolute Gasteiger partial charge is 0.338 e. The highest BCUT2D eigenvalue weighted by Crippen LogP contribution is 2.27. The highest BCUT2D eigenvalue weighted by Gasteiger charge is 2.06. The molecule has 0 fully saturated rings. The van der Waals surface area contributed by atoms with Crippen LogP contribution in [0.25, 0.3) is 28.3 Å². The van der Waals surface area contributed by atoms with Crippen LogP contribution in [0.4, 0.5) is 0 Å². The Labute approximate surface area is 194 Å². The molecule has 0 heterocycles. The fourth-order valence-corrected chi connectivity index (χ4v) is 2.98. The summed E-state index contributed by atoms with van der Waals surface area (Å²) in [5.74, 6) is -0.327. The van der Waals surface area contributed by atoms with Gasteiger partial charge < -0.3 is 9.47 Å². The molecular weight excluding hydrogens is 412 g/mol. The van der Waals surface area contributed by atoms with Crippen LogP contribution in [0.5, 0.6) is 5.75 Å². The molecule has 33 heavy (non-hydrogen) atoms. The van der Waals surface area contributed by atoms with Gasteiger partial charge in [-0.2, -0.15) is 0 Å². The van der Waals surface area contributed by atoms with E-state index in [0.29, 0.717) is 16.9 Å². The van der Waals surface area contributed by atoms with E-state index < -0.39 is 5.97 Å². The third-order valence-corrected chi connectivity index (χ3v) is 4.84. The molecule has 0 N–H and O–H groups in total. The summed E-state index contributed by atoms with van der Waals surface area (Å²) in [5.41, 5.74) is 6.09. The Morgan fingerprint density at radius 3 is 1.58 bits per heavy atom. The molecule has 0 saturated carbocycles. The van der Waals surface area contributed by atoms with E-state index in [1.807, 2.05) is 30.3 Å². The van der Waals surface area contributed by atoms with E-state index in [9.17, 15) is 9.59 Å². The van der Waals surface area contributed by atoms with Crippen molar-refractivity contribution in [2.75, 3.05) is 6.61 Å². The monoisotopic (exact) mass is 438 g/mol. The van der Waals surface area contributed by atoms with E-state index in [0.717, 1.165) is 27.8 Å². The van der Waals surface area contributed by atoms with Crippen LogP contribution in [-0.4, -0.2) is 18.5 Å². The van der Waals surface area contributed by atoms with Crippen molar-refractivity contribution in [1.29, 1.82) is 0 Å². The molecule has 3 aromatic carbocycles. The number of benzene rings is 3. The summed E-state index contributed by atoms with van der Waals surface area (Å²) in [6.45, 7) is 10.6. The second-order valence-electron chi connectivity index (χ2n) is 7.67. The lowest BCUT2D eigenvalue weighted by Gasteiger charge is -2.07. The topological polar surface area (TPSA) is 52.6 Å². The average molecular weight is 439 g/mol. The lowest BCUT2D eigenvalue weighted by Crippen LogP contribution is -2.07. The largest absolute Gasteiger partial charge is 0.458 e. The minimum atomic E-state index is -0.431. The predicted molar refractivity (Wildman–Crippen MR) is 133 cm³/mol. The van der Waals surface area contributed by atoms with E-state index in [4.69, 9.17) is 9.47 Å². The molecule has 0 radical (unpaired) electrons. The van der Waals surface area contributed by atoms with Crippen LogP contribution >= 0.6 is 0 Å². The van der Waals surface area contributed by atoms with E-state index in [2.05, 4.69) is 49.6 Å². The summed E-state index contributed by atoms with van der Waals surface area (Å²) in [6, 6.07) is 23.8. The molecule has 3 aromatic rings. The number of carbonyl (C=O) groups is 2. The Kier molecular flexibility index (Phi) is 7.77. The molecule has 0 bridgehead atoms. The first-order chi connectivity index (χ1) is 15.8. The lowest BCUT2D eigenvalue weighted by atomic mass is 9.99. The van der Waals surface area contributed by atoms with Crippen LogP contribution in [0.2, 0.25) is 0 Å². The zero-order valence-corrected chi connectivity index (χ0v) is 18.8. The first kappa shape index (κ1) is 23.5. The van der Waals surface area contributed by atoms with Crippen molar-refractivity contribution in [3.05, 3.63) is 109 Å². The summed E-state index contributed by atoms with van der Waals surface area (Å²) in [6.07, 6.45) is 3.71. The van der Waals surface area contributed by atoms with E-state index in [1.165, 1.54) is 0 Å². The molecule has 0 aliphatic carbocycles. The molecule has 0 unspecified atom stereocenters. The Bertz CT molecular complexity index is 1180. The SMILES string of the molecule is C=C(C)C(=O)OC/C=C/c1ccc(-c2ccc(-c3ccc(OC(=O)C(=C)C)cc3)cc2)cc1. The van der Waals surface area contributed by atoms with Gasteiger partial charge in [0.15, 0.2) is 0 Å². The number of ether oxygens (including phenoxy) is 2. The maximum Gasteiger partial charge on any atom is 0.338 e. The van der Waals surface area contributed by atoms with E-state index in [-0.39, 0.29) is 12.6 Å². The number of hydrogen-bond acceptors (Lipinski definition) is 4. The van der Waals surface area contributed by atoms with Crippen LogP contribution in [0.1, 0.15) is 19.4 Å². The van der Waals surface area contributed by atoms with Crippen LogP contribution in [0.15, 0.2) is 103 Å². The highest BCUT2D eigenvalue weighted by molar-refractivity contribution is 5.89. The van der Waals surface area contributed by atoms with Gasteiger partial charge in [0, 0.05) is 11.1 Å². The summed E-state index contributed by atoms with van der Waals surface area (Å²) in [5, 5.41) is 0. The fourth-order valence-electron chi connectivity index (χ4n) is 2.98. The van der Waals surface area contributed by atoms with Crippen molar-refractivity contribution in [2.24, 2.45) is 0 Å². The molecule has 4 heteroatoms. The van der Waals surface area contributed by atoms with E-state index >= 15 is 0 Å². The Balaban J connectivity index is 1.61. The van der Waals surface area contributed by atoms with Crippen molar-refractivity contribution in [1.82, 2.24) is 0 Å². The molecule has 0 aliphatic heterocycles. The maximum atomic E-state index is 11.6. The van der Waals surface area contributed by atoms with Crippen molar-refractivity contribution < 1.29 is 19.1 Å². The molecule has 0 atom stereocenters. The normalized spacial score (nSPS) is 10.6. The van der Waals surface area contributed by atoms with Crippen LogP contribution in [0.3, 0.4) is 0 Å². The molecule has 0 saturated heterocycles. The number of hydrogen-bond donors (Lipinski definition) is 0. The van der Waals surface area contributed by atoms with Gasteiger partial charge in [-0.3, -0.25) is 0 Å². The molecule has 166 valence electrons. The van der Waals surface area contributed by atoms with Crippen molar-refractivity contribution in [2.45, 2.75) is 13.8 Å². The quantitative estimate of drug-likeness (QED) is 0.225. The summed E-state index contributed by atoms with van der Waals surface area (Å²) >= 11 is 0. The van der Waals surface area contributed by atoms with Gasteiger partial charge in [0.2, 0.25) is 0 Å². The first-order valence-electron chi connectivity index (χ1n) is 10.5. The molecule has 0 aliphatic rings. The summed E-state index contributed by atoms with van der Waals surface area (Å²) < 4.78 is 10.3. The number of rotatable bonds is 8. The highest BCUT2D eigenvalue weighted by atomic mass is 16.5. The van der Waals surface area contributed by atoms with Gasteiger partial charge in [0.25, 0.3) is 0 Å². The minimum Gasteiger partial charge on any atom is -0.458 e. The van der Waals surface area contributed by atoms with Gasteiger partial charge >= 0.3 is 11.9 Å². The summed E-state index contributed by atoms with van der Waals surface area (Å²) in [4.78, 5) is 23.0. The molecular formula is C29H26O4. The van der Waals surface area contributed by atoms with Gasteiger partial charge in [-0.15, -0.1) is 0 Å². The first-order valence-corrected chi connectivity index (χ1v) is 10.5. The third-order valence-electron chi connectivity index (χ3n) is 4.84. The van der Waals surface area contributed by atoms with Crippen molar-refractivity contribution in [3.8, 4) is 28.0 Å². The predicted octanol–water partition coefficient (Wildman–Crippen LogP) is 6.63. The second-order valence-corrected chi connectivity index (χ2v) is 7.67. The van der Waals surface area contributed by atoms with Gasteiger partial charge in [-0.05, 0) is 59.9 Å². The molecule has 0 aromatic heterocycles. The second kappa shape index (κ2) is 10.9. The molecule has 0 spiro atoms. The fraction of sp³-hybridized carbons (Fsp3) is 0.103. The van der Waals surface area contributed by atoms with Gasteiger partial charge in [0.1, 0.15) is 12.4 Å². The minimum absolute atomic E-state index is 0.214. The summed E-state index contributed by atoms with van der Waals surface area (Å²) in [7, 11) is 0. The number of esters is 2. The van der Waals surface area contributed by atoms with Crippen LogP contribution < -0.4 is 4.74 Å². The number of carbonyl (C=O) groups excluding carboxylic acids is 2. The Morgan fingerprint density at radius 1 is 0.697 bits per heavy atom. The van der Waals surface area contributed by atoms with Gasteiger partial charge in [0.05, 0.1) is 0 Å².